The van der Waals surface area contributed by atoms with Crippen molar-refractivity contribution in [2.45, 2.75) is 26.9 Å². The maximum absolute atomic E-state index is 12.5. The number of halogens is 2. The van der Waals surface area contributed by atoms with E-state index in [0.717, 1.165) is 33.0 Å². The van der Waals surface area contributed by atoms with E-state index < -0.39 is 0 Å². The lowest BCUT2D eigenvalue weighted by molar-refractivity contribution is -0.120. The summed E-state index contributed by atoms with van der Waals surface area (Å²) in [6.07, 6.45) is 1.89. The molecule has 4 rings (SSSR count). The number of hydrogen-bond acceptors (Lipinski definition) is 3. The van der Waals surface area contributed by atoms with Crippen LogP contribution < -0.4 is 10.2 Å². The number of fused-ring (bicyclic) bond motifs is 1. The summed E-state index contributed by atoms with van der Waals surface area (Å²) in [7, 11) is 0. The van der Waals surface area contributed by atoms with Crippen molar-refractivity contribution in [2.75, 3.05) is 0 Å². The van der Waals surface area contributed by atoms with E-state index in [9.17, 15) is 4.79 Å². The van der Waals surface area contributed by atoms with Crippen LogP contribution in [0.2, 0.25) is 10.0 Å². The second-order valence-electron chi connectivity index (χ2n) is 8.14. The zero-order chi connectivity index (χ0) is 24.1. The molecule has 0 aliphatic heterocycles. The predicted octanol–water partition coefficient (Wildman–Crippen LogP) is 7.04. The van der Waals surface area contributed by atoms with Gasteiger partial charge in [-0.1, -0.05) is 83.4 Å². The zero-order valence-electron chi connectivity index (χ0n) is 18.9. The molecule has 34 heavy (non-hydrogen) atoms. The number of carbonyl (C=O) groups excluding carboxylic acids is 1. The molecule has 172 valence electrons. The number of ether oxygens (including phenoxy) is 1. The van der Waals surface area contributed by atoms with Crippen LogP contribution in [0.15, 0.2) is 77.9 Å². The maximum Gasteiger partial charge on any atom is 0.244 e. The number of hydrazone groups is 1. The highest BCUT2D eigenvalue weighted by Gasteiger charge is 2.10. The van der Waals surface area contributed by atoms with Gasteiger partial charge in [-0.15, -0.1) is 0 Å². The highest BCUT2D eigenvalue weighted by molar-refractivity contribution is 6.42. The van der Waals surface area contributed by atoms with E-state index in [1.54, 1.807) is 18.3 Å². The van der Waals surface area contributed by atoms with Gasteiger partial charge in [0.2, 0.25) is 5.91 Å². The van der Waals surface area contributed by atoms with Gasteiger partial charge in [-0.25, -0.2) is 5.43 Å². The second kappa shape index (κ2) is 10.7. The zero-order valence-corrected chi connectivity index (χ0v) is 20.5. The second-order valence-corrected chi connectivity index (χ2v) is 8.95. The van der Waals surface area contributed by atoms with Crippen molar-refractivity contribution in [1.82, 2.24) is 5.43 Å². The molecule has 4 aromatic carbocycles. The first-order valence-electron chi connectivity index (χ1n) is 10.9. The third kappa shape index (κ3) is 5.77. The van der Waals surface area contributed by atoms with Gasteiger partial charge in [0.25, 0.3) is 0 Å². The largest absolute Gasteiger partial charge is 0.488 e. The normalized spacial score (nSPS) is 11.2. The number of aryl methyl sites for hydroxylation is 2. The third-order valence-electron chi connectivity index (χ3n) is 5.54. The van der Waals surface area contributed by atoms with Crippen LogP contribution >= 0.6 is 23.2 Å². The minimum Gasteiger partial charge on any atom is -0.488 e. The van der Waals surface area contributed by atoms with Gasteiger partial charge in [-0.2, -0.15) is 5.10 Å². The van der Waals surface area contributed by atoms with E-state index in [2.05, 4.69) is 16.6 Å². The molecule has 4 aromatic rings. The fraction of sp³-hybridized carbons (Fsp3) is 0.143. The molecule has 0 radical (unpaired) electrons. The van der Waals surface area contributed by atoms with Crippen LogP contribution in [0, 0.1) is 13.8 Å². The standard InChI is InChI=1S/C28H24Cl2N2O2/c1-18-7-9-22(19(2)13-18)15-28(33)32-31-16-24-23-6-4-3-5-21(23)10-12-27(24)34-17-20-8-11-25(29)26(30)14-20/h3-14,16H,15,17H2,1-2H3,(H,32,33)/b31-16-. The van der Waals surface area contributed by atoms with Crippen molar-refractivity contribution in [1.29, 1.82) is 0 Å². The Morgan fingerprint density at radius 1 is 0.971 bits per heavy atom. The topological polar surface area (TPSA) is 50.7 Å². The highest BCUT2D eigenvalue weighted by atomic mass is 35.5. The Hall–Kier alpha value is -3.34. The Labute approximate surface area is 209 Å². The quantitative estimate of drug-likeness (QED) is 0.223. The first kappa shape index (κ1) is 23.8. The minimum atomic E-state index is -0.179. The summed E-state index contributed by atoms with van der Waals surface area (Å²) in [6, 6.07) is 23.3. The SMILES string of the molecule is Cc1ccc(CC(=O)N/N=C\c2c(OCc3ccc(Cl)c(Cl)c3)ccc3ccccc23)c(C)c1. The van der Waals surface area contributed by atoms with E-state index in [4.69, 9.17) is 27.9 Å². The van der Waals surface area contributed by atoms with Gasteiger partial charge < -0.3 is 4.74 Å². The first-order chi connectivity index (χ1) is 16.4. The van der Waals surface area contributed by atoms with Crippen molar-refractivity contribution in [3.63, 3.8) is 0 Å². The van der Waals surface area contributed by atoms with Gasteiger partial charge in [0.05, 0.1) is 22.7 Å². The Balaban J connectivity index is 1.53. The van der Waals surface area contributed by atoms with Crippen LogP contribution in [-0.4, -0.2) is 12.1 Å². The average Bonchev–Trinajstić information content (AvgIpc) is 2.82. The Kier molecular flexibility index (Phi) is 7.51. The number of nitrogens with one attached hydrogen (secondary N) is 1. The van der Waals surface area contributed by atoms with Gasteiger partial charge in [0.15, 0.2) is 0 Å². The summed E-state index contributed by atoms with van der Waals surface area (Å²) >= 11 is 12.1. The first-order valence-corrected chi connectivity index (χ1v) is 11.6. The van der Waals surface area contributed by atoms with Crippen molar-refractivity contribution in [3.05, 3.63) is 111 Å². The third-order valence-corrected chi connectivity index (χ3v) is 6.28. The lowest BCUT2D eigenvalue weighted by Gasteiger charge is -2.12. The van der Waals surface area contributed by atoms with Crippen molar-refractivity contribution in [3.8, 4) is 5.75 Å². The van der Waals surface area contributed by atoms with Crippen LogP contribution in [0.25, 0.3) is 10.8 Å². The predicted molar refractivity (Wildman–Crippen MR) is 140 cm³/mol. The van der Waals surface area contributed by atoms with Crippen LogP contribution in [-0.2, 0) is 17.8 Å². The molecular formula is C28H24Cl2N2O2. The van der Waals surface area contributed by atoms with Crippen molar-refractivity contribution < 1.29 is 9.53 Å². The van der Waals surface area contributed by atoms with Crippen LogP contribution in [0.3, 0.4) is 0 Å². The molecule has 0 spiro atoms. The molecule has 0 bridgehead atoms. The van der Waals surface area contributed by atoms with Gasteiger partial charge >= 0.3 is 0 Å². The fourth-order valence-corrected chi connectivity index (χ4v) is 4.07. The number of nitrogens with zero attached hydrogens (tertiary/aromatic N) is 1. The summed E-state index contributed by atoms with van der Waals surface area (Å²) < 4.78 is 6.10. The summed E-state index contributed by atoms with van der Waals surface area (Å²) in [5, 5.41) is 7.24. The molecule has 0 aromatic heterocycles. The summed E-state index contributed by atoms with van der Waals surface area (Å²) in [6.45, 7) is 4.36. The summed E-state index contributed by atoms with van der Waals surface area (Å²) in [5.41, 5.74) is 7.56. The molecule has 0 fully saturated rings. The van der Waals surface area contributed by atoms with Crippen LogP contribution in [0.5, 0.6) is 5.75 Å². The molecule has 4 nitrogen and oxygen atoms in total. The number of rotatable bonds is 7. The maximum atomic E-state index is 12.5. The molecular weight excluding hydrogens is 467 g/mol. The lowest BCUT2D eigenvalue weighted by Crippen LogP contribution is -2.20. The van der Waals surface area contributed by atoms with E-state index in [1.807, 2.05) is 68.4 Å². The van der Waals surface area contributed by atoms with Gasteiger partial charge in [0.1, 0.15) is 12.4 Å². The molecule has 0 aliphatic rings. The van der Waals surface area contributed by atoms with Crippen LogP contribution in [0.4, 0.5) is 0 Å². The smallest absolute Gasteiger partial charge is 0.244 e. The van der Waals surface area contributed by atoms with E-state index in [0.29, 0.717) is 22.4 Å². The molecule has 0 heterocycles. The average molecular weight is 491 g/mol. The van der Waals surface area contributed by atoms with Gasteiger partial charge in [-0.05, 0) is 59.5 Å². The lowest BCUT2D eigenvalue weighted by atomic mass is 10.0. The highest BCUT2D eigenvalue weighted by Crippen LogP contribution is 2.28. The number of hydrogen-bond donors (Lipinski definition) is 1. The molecule has 6 heteroatoms. The van der Waals surface area contributed by atoms with E-state index in [-0.39, 0.29) is 12.3 Å². The Morgan fingerprint density at radius 3 is 2.59 bits per heavy atom. The molecule has 1 amide bonds. The van der Waals surface area contributed by atoms with E-state index in [1.165, 1.54) is 5.56 Å². The summed E-state index contributed by atoms with van der Waals surface area (Å²) in [4.78, 5) is 12.5. The van der Waals surface area contributed by atoms with E-state index >= 15 is 0 Å². The monoisotopic (exact) mass is 490 g/mol. The fourth-order valence-electron chi connectivity index (χ4n) is 3.75. The Bertz CT molecular complexity index is 1380. The molecule has 0 unspecified atom stereocenters. The Morgan fingerprint density at radius 2 is 1.79 bits per heavy atom. The number of benzene rings is 4. The van der Waals surface area contributed by atoms with Gasteiger partial charge in [0, 0.05) is 5.56 Å². The van der Waals surface area contributed by atoms with Gasteiger partial charge in [-0.3, -0.25) is 4.79 Å². The van der Waals surface area contributed by atoms with Crippen molar-refractivity contribution >= 4 is 46.1 Å². The molecule has 0 aliphatic carbocycles. The minimum absolute atomic E-state index is 0.179. The molecule has 1 N–H and O–H groups in total. The number of amides is 1. The van der Waals surface area contributed by atoms with Crippen molar-refractivity contribution in [2.24, 2.45) is 5.10 Å². The summed E-state index contributed by atoms with van der Waals surface area (Å²) in [5.74, 6) is 0.471. The van der Waals surface area contributed by atoms with Crippen LogP contribution in [0.1, 0.15) is 27.8 Å². The number of carbonyl (C=O) groups is 1. The molecule has 0 saturated carbocycles. The molecule has 0 saturated heterocycles. The molecule has 0 atom stereocenters.